The summed E-state index contributed by atoms with van der Waals surface area (Å²) in [6, 6.07) is 0.401. The fourth-order valence-corrected chi connectivity index (χ4v) is 3.25. The fraction of sp³-hybridized carbons (Fsp3) is 1.00. The molecule has 118 valence electrons. The molecule has 2 aliphatic rings. The molecule has 20 heavy (non-hydrogen) atoms. The van der Waals surface area contributed by atoms with Crippen molar-refractivity contribution in [3.63, 3.8) is 0 Å². The molecule has 0 aromatic heterocycles. The second-order valence-electron chi connectivity index (χ2n) is 5.82. The van der Waals surface area contributed by atoms with Gasteiger partial charge in [-0.1, -0.05) is 6.92 Å². The molecule has 0 bridgehead atoms. The highest BCUT2D eigenvalue weighted by Gasteiger charge is 2.42. The molecule has 0 saturated carbocycles. The SMILES string of the molecule is CCNC(COCCOC)C1CCOC2(CCOC2)C1. The van der Waals surface area contributed by atoms with Crippen LogP contribution in [0.2, 0.25) is 0 Å². The van der Waals surface area contributed by atoms with Gasteiger partial charge in [0.25, 0.3) is 0 Å². The van der Waals surface area contributed by atoms with Crippen molar-refractivity contribution in [3.8, 4) is 0 Å². The fourth-order valence-electron chi connectivity index (χ4n) is 3.25. The van der Waals surface area contributed by atoms with Crippen LogP contribution < -0.4 is 5.32 Å². The van der Waals surface area contributed by atoms with Crippen LogP contribution in [0.25, 0.3) is 0 Å². The number of methoxy groups -OCH3 is 1. The summed E-state index contributed by atoms with van der Waals surface area (Å²) in [6.07, 6.45) is 3.22. The zero-order valence-corrected chi connectivity index (χ0v) is 12.9. The Balaban J connectivity index is 1.83. The molecule has 0 radical (unpaired) electrons. The van der Waals surface area contributed by atoms with E-state index in [1.54, 1.807) is 7.11 Å². The Kier molecular flexibility index (Phi) is 6.71. The number of nitrogens with one attached hydrogen (secondary N) is 1. The van der Waals surface area contributed by atoms with Crippen LogP contribution in [0, 0.1) is 5.92 Å². The van der Waals surface area contributed by atoms with E-state index in [1.807, 2.05) is 0 Å². The summed E-state index contributed by atoms with van der Waals surface area (Å²) in [5.74, 6) is 0.605. The number of hydrogen-bond acceptors (Lipinski definition) is 5. The lowest BCUT2D eigenvalue weighted by molar-refractivity contribution is -0.107. The lowest BCUT2D eigenvalue weighted by atomic mass is 9.81. The molecule has 1 N–H and O–H groups in total. The molecule has 2 saturated heterocycles. The Morgan fingerprint density at radius 1 is 1.35 bits per heavy atom. The lowest BCUT2D eigenvalue weighted by Crippen LogP contribution is -2.49. The molecule has 0 aromatic carbocycles. The molecule has 2 heterocycles. The molecule has 2 rings (SSSR count). The maximum atomic E-state index is 6.01. The molecule has 2 fully saturated rings. The molecule has 5 heteroatoms. The van der Waals surface area contributed by atoms with Gasteiger partial charge in [-0.2, -0.15) is 0 Å². The lowest BCUT2D eigenvalue weighted by Gasteiger charge is -2.40. The Morgan fingerprint density at radius 3 is 2.95 bits per heavy atom. The van der Waals surface area contributed by atoms with Crippen molar-refractivity contribution in [3.05, 3.63) is 0 Å². The van der Waals surface area contributed by atoms with Gasteiger partial charge >= 0.3 is 0 Å². The Hall–Kier alpha value is -0.200. The van der Waals surface area contributed by atoms with Gasteiger partial charge in [-0.15, -0.1) is 0 Å². The summed E-state index contributed by atoms with van der Waals surface area (Å²) < 4.78 is 22.3. The number of likely N-dealkylation sites (N-methyl/N-ethyl adjacent to an activating group) is 1. The van der Waals surface area contributed by atoms with Crippen LogP contribution in [-0.2, 0) is 18.9 Å². The largest absolute Gasteiger partial charge is 0.382 e. The smallest absolute Gasteiger partial charge is 0.0939 e. The van der Waals surface area contributed by atoms with E-state index in [0.717, 1.165) is 52.2 Å². The maximum Gasteiger partial charge on any atom is 0.0939 e. The minimum Gasteiger partial charge on any atom is -0.382 e. The highest BCUT2D eigenvalue weighted by atomic mass is 16.6. The first-order chi connectivity index (χ1) is 9.79. The van der Waals surface area contributed by atoms with Crippen LogP contribution >= 0.6 is 0 Å². The van der Waals surface area contributed by atoms with E-state index in [-0.39, 0.29) is 5.60 Å². The summed E-state index contributed by atoms with van der Waals surface area (Å²) in [7, 11) is 1.70. The molecule has 5 nitrogen and oxygen atoms in total. The second kappa shape index (κ2) is 8.29. The molecule has 1 spiro atoms. The van der Waals surface area contributed by atoms with E-state index in [9.17, 15) is 0 Å². The minimum atomic E-state index is -0.0247. The Bertz CT molecular complexity index is 269. The zero-order chi connectivity index (χ0) is 14.3. The van der Waals surface area contributed by atoms with Crippen molar-refractivity contribution in [2.24, 2.45) is 5.92 Å². The average molecular weight is 287 g/mol. The topological polar surface area (TPSA) is 49.0 Å². The first-order valence-electron chi connectivity index (χ1n) is 7.81. The third-order valence-corrected chi connectivity index (χ3v) is 4.36. The molecular weight excluding hydrogens is 258 g/mol. The van der Waals surface area contributed by atoms with Crippen molar-refractivity contribution in [1.29, 1.82) is 0 Å². The van der Waals surface area contributed by atoms with Crippen LogP contribution in [0.1, 0.15) is 26.2 Å². The first-order valence-corrected chi connectivity index (χ1v) is 7.81. The highest BCUT2D eigenvalue weighted by molar-refractivity contribution is 4.93. The molecule has 0 aliphatic carbocycles. The van der Waals surface area contributed by atoms with Gasteiger partial charge in [-0.25, -0.2) is 0 Å². The van der Waals surface area contributed by atoms with Gasteiger partial charge in [-0.05, 0) is 25.3 Å². The molecule has 2 aliphatic heterocycles. The predicted octanol–water partition coefficient (Wildman–Crippen LogP) is 1.21. The number of ether oxygens (including phenoxy) is 4. The van der Waals surface area contributed by atoms with Crippen LogP contribution in [0.3, 0.4) is 0 Å². The van der Waals surface area contributed by atoms with Gasteiger partial charge in [-0.3, -0.25) is 0 Å². The molecule has 3 atom stereocenters. The number of rotatable bonds is 8. The Morgan fingerprint density at radius 2 is 2.25 bits per heavy atom. The van der Waals surface area contributed by atoms with Crippen molar-refractivity contribution in [1.82, 2.24) is 5.32 Å². The maximum absolute atomic E-state index is 6.01. The molecule has 0 amide bonds. The normalized spacial score (nSPS) is 31.8. The van der Waals surface area contributed by atoms with Crippen LogP contribution in [0.15, 0.2) is 0 Å². The summed E-state index contributed by atoms with van der Waals surface area (Å²) in [4.78, 5) is 0. The van der Waals surface area contributed by atoms with Gasteiger partial charge in [0.05, 0.1) is 32.0 Å². The minimum absolute atomic E-state index is 0.0247. The molecule has 0 aromatic rings. The van der Waals surface area contributed by atoms with Crippen molar-refractivity contribution in [2.45, 2.75) is 37.8 Å². The standard InChI is InChI=1S/C15H29NO4/c1-3-16-14(11-18-9-8-17-2)13-4-6-20-15(10-13)5-7-19-12-15/h13-14,16H,3-12H2,1-2H3. The average Bonchev–Trinajstić information content (AvgIpc) is 2.90. The van der Waals surface area contributed by atoms with Crippen LogP contribution in [-0.4, -0.2) is 64.9 Å². The van der Waals surface area contributed by atoms with Gasteiger partial charge in [0.2, 0.25) is 0 Å². The number of hydrogen-bond donors (Lipinski definition) is 1. The van der Waals surface area contributed by atoms with E-state index in [0.29, 0.717) is 25.2 Å². The van der Waals surface area contributed by atoms with Gasteiger partial charge in [0.1, 0.15) is 0 Å². The van der Waals surface area contributed by atoms with E-state index >= 15 is 0 Å². The third kappa shape index (κ3) is 4.40. The summed E-state index contributed by atoms with van der Waals surface area (Å²) >= 11 is 0. The van der Waals surface area contributed by atoms with E-state index in [2.05, 4.69) is 12.2 Å². The van der Waals surface area contributed by atoms with E-state index in [1.165, 1.54) is 0 Å². The van der Waals surface area contributed by atoms with Crippen molar-refractivity contribution in [2.75, 3.05) is 53.3 Å². The van der Waals surface area contributed by atoms with E-state index < -0.39 is 0 Å². The van der Waals surface area contributed by atoms with Crippen molar-refractivity contribution >= 4 is 0 Å². The predicted molar refractivity (Wildman–Crippen MR) is 77.0 cm³/mol. The van der Waals surface area contributed by atoms with Gasteiger partial charge in [0.15, 0.2) is 0 Å². The summed E-state index contributed by atoms with van der Waals surface area (Å²) in [6.45, 7) is 7.62. The van der Waals surface area contributed by atoms with Gasteiger partial charge < -0.3 is 24.3 Å². The monoisotopic (exact) mass is 287 g/mol. The summed E-state index contributed by atoms with van der Waals surface area (Å²) in [5.41, 5.74) is -0.0247. The first kappa shape index (κ1) is 16.2. The second-order valence-corrected chi connectivity index (χ2v) is 5.82. The highest BCUT2D eigenvalue weighted by Crippen LogP contribution is 2.37. The Labute approximate surface area is 122 Å². The van der Waals surface area contributed by atoms with Crippen LogP contribution in [0.4, 0.5) is 0 Å². The molecule has 3 unspecified atom stereocenters. The zero-order valence-electron chi connectivity index (χ0n) is 12.9. The third-order valence-electron chi connectivity index (χ3n) is 4.36. The van der Waals surface area contributed by atoms with Crippen molar-refractivity contribution < 1.29 is 18.9 Å². The quantitative estimate of drug-likeness (QED) is 0.680. The summed E-state index contributed by atoms with van der Waals surface area (Å²) in [5, 5.41) is 3.57. The molecular formula is C15H29NO4. The van der Waals surface area contributed by atoms with E-state index in [4.69, 9.17) is 18.9 Å². The van der Waals surface area contributed by atoms with Gasteiger partial charge in [0, 0.05) is 32.8 Å². The van der Waals surface area contributed by atoms with Crippen LogP contribution in [0.5, 0.6) is 0 Å².